The zero-order valence-corrected chi connectivity index (χ0v) is 11.6. The van der Waals surface area contributed by atoms with E-state index in [2.05, 4.69) is 0 Å². The Morgan fingerprint density at radius 1 is 1.09 bits per heavy atom. The van der Waals surface area contributed by atoms with Gasteiger partial charge in [0.25, 0.3) is 0 Å². The maximum atomic E-state index is 13.4. The summed E-state index contributed by atoms with van der Waals surface area (Å²) in [5, 5.41) is 1.75. The highest BCUT2D eigenvalue weighted by Crippen LogP contribution is 2.48. The molecule has 6 heteroatoms. The summed E-state index contributed by atoms with van der Waals surface area (Å²) in [4.78, 5) is 1.89. The van der Waals surface area contributed by atoms with Crippen LogP contribution in [0, 0.1) is 0 Å². The fourth-order valence-corrected chi connectivity index (χ4v) is 3.24. The lowest BCUT2D eigenvalue weighted by Gasteiger charge is -2.45. The van der Waals surface area contributed by atoms with Crippen LogP contribution in [0.15, 0.2) is 36.4 Å². The molecule has 0 spiro atoms. The Bertz CT molecular complexity index is 716. The van der Waals surface area contributed by atoms with Crippen molar-refractivity contribution in [1.82, 2.24) is 0 Å². The van der Waals surface area contributed by atoms with Crippen LogP contribution in [-0.2, 0) is 9.47 Å². The molecule has 0 radical (unpaired) electrons. The first-order chi connectivity index (χ1) is 10.6. The highest BCUT2D eigenvalue weighted by Gasteiger charge is 2.49. The first-order valence-corrected chi connectivity index (χ1v) is 7.14. The first-order valence-electron chi connectivity index (χ1n) is 7.14. The Kier molecular flexibility index (Phi) is 3.06. The van der Waals surface area contributed by atoms with Crippen molar-refractivity contribution in [3.05, 3.63) is 42.0 Å². The van der Waals surface area contributed by atoms with E-state index in [4.69, 9.17) is 9.47 Å². The molecule has 0 bridgehead atoms. The van der Waals surface area contributed by atoms with Crippen LogP contribution in [-0.4, -0.2) is 32.2 Å². The number of nitrogens with zero attached hydrogens (tertiary/aromatic N) is 1. The van der Waals surface area contributed by atoms with Crippen LogP contribution < -0.4 is 4.90 Å². The molecule has 2 aromatic carbocycles. The summed E-state index contributed by atoms with van der Waals surface area (Å²) in [6.45, 7) is 1.16. The lowest BCUT2D eigenvalue weighted by Crippen LogP contribution is -2.52. The number of halogens is 3. The predicted octanol–water partition coefficient (Wildman–Crippen LogP) is 3.64. The molecule has 22 heavy (non-hydrogen) atoms. The summed E-state index contributed by atoms with van der Waals surface area (Å²) in [6.07, 6.45) is -7.05. The minimum Gasteiger partial charge on any atom is -0.375 e. The number of alkyl halides is 3. The molecule has 2 unspecified atom stereocenters. The summed E-state index contributed by atoms with van der Waals surface area (Å²) in [5.74, 6) is 0. The first kappa shape index (κ1) is 13.8. The molecule has 0 N–H and O–H groups in total. The molecule has 2 aromatic rings. The largest absolute Gasteiger partial charge is 0.419 e. The van der Waals surface area contributed by atoms with E-state index in [1.807, 2.05) is 29.2 Å². The number of hydrogen-bond acceptors (Lipinski definition) is 3. The molecule has 1 fully saturated rings. The second-order valence-electron chi connectivity index (χ2n) is 5.51. The minimum atomic E-state index is -4.44. The van der Waals surface area contributed by atoms with Gasteiger partial charge in [0.2, 0.25) is 0 Å². The Labute approximate surface area is 125 Å². The van der Waals surface area contributed by atoms with Gasteiger partial charge in [-0.15, -0.1) is 0 Å². The van der Waals surface area contributed by atoms with Crippen molar-refractivity contribution >= 4 is 16.5 Å². The minimum absolute atomic E-state index is 0.148. The number of fused-ring (bicyclic) bond motifs is 5. The van der Waals surface area contributed by atoms with E-state index in [0.29, 0.717) is 18.8 Å². The molecule has 1 saturated heterocycles. The third-order valence-corrected chi connectivity index (χ3v) is 4.18. The van der Waals surface area contributed by atoms with Crippen molar-refractivity contribution in [2.24, 2.45) is 0 Å². The quantitative estimate of drug-likeness (QED) is 0.741. The van der Waals surface area contributed by atoms with Gasteiger partial charge in [0.05, 0.1) is 18.9 Å². The van der Waals surface area contributed by atoms with Crippen molar-refractivity contribution < 1.29 is 22.6 Å². The molecule has 0 aliphatic carbocycles. The Morgan fingerprint density at radius 2 is 1.91 bits per heavy atom. The van der Waals surface area contributed by atoms with Gasteiger partial charge in [0.15, 0.2) is 12.3 Å². The molecular formula is C16H14F3NO2. The summed E-state index contributed by atoms with van der Waals surface area (Å²) in [7, 11) is 0. The second-order valence-corrected chi connectivity index (χ2v) is 5.51. The van der Waals surface area contributed by atoms with Crippen LogP contribution in [0.2, 0.25) is 0 Å². The molecule has 2 atom stereocenters. The van der Waals surface area contributed by atoms with Gasteiger partial charge in [-0.1, -0.05) is 36.4 Å². The molecule has 0 saturated carbocycles. The van der Waals surface area contributed by atoms with Gasteiger partial charge < -0.3 is 14.4 Å². The van der Waals surface area contributed by atoms with Crippen molar-refractivity contribution in [2.75, 3.05) is 24.7 Å². The van der Waals surface area contributed by atoms with Gasteiger partial charge in [0.1, 0.15) is 0 Å². The zero-order valence-electron chi connectivity index (χ0n) is 11.6. The molecule has 2 heterocycles. The fourth-order valence-electron chi connectivity index (χ4n) is 3.24. The fraction of sp³-hybridized carbons (Fsp3) is 0.375. The van der Waals surface area contributed by atoms with Gasteiger partial charge in [-0.25, -0.2) is 0 Å². The van der Waals surface area contributed by atoms with Gasteiger partial charge in [-0.05, 0) is 5.39 Å². The number of benzene rings is 2. The average molecular weight is 309 g/mol. The summed E-state index contributed by atoms with van der Waals surface area (Å²) < 4.78 is 50.8. The van der Waals surface area contributed by atoms with Gasteiger partial charge in [-0.3, -0.25) is 0 Å². The van der Waals surface area contributed by atoms with E-state index in [1.54, 1.807) is 6.07 Å². The average Bonchev–Trinajstić information content (AvgIpc) is 2.52. The van der Waals surface area contributed by atoms with E-state index in [1.165, 1.54) is 6.07 Å². The van der Waals surface area contributed by atoms with Crippen molar-refractivity contribution in [2.45, 2.75) is 18.5 Å². The molecule has 116 valence electrons. The predicted molar refractivity (Wildman–Crippen MR) is 75.8 cm³/mol. The van der Waals surface area contributed by atoms with Gasteiger partial charge in [0, 0.05) is 17.5 Å². The monoisotopic (exact) mass is 309 g/mol. The number of rotatable bonds is 0. The third kappa shape index (κ3) is 2.06. The molecule has 3 nitrogen and oxygen atoms in total. The third-order valence-electron chi connectivity index (χ3n) is 4.18. The Balaban J connectivity index is 1.97. The van der Waals surface area contributed by atoms with Crippen molar-refractivity contribution in [3.63, 3.8) is 0 Å². The smallest absolute Gasteiger partial charge is 0.375 e. The maximum absolute atomic E-state index is 13.4. The molecule has 4 rings (SSSR count). The molecule has 2 aliphatic rings. The second kappa shape index (κ2) is 4.86. The van der Waals surface area contributed by atoms with E-state index >= 15 is 0 Å². The zero-order chi connectivity index (χ0) is 15.3. The molecule has 0 amide bonds. The van der Waals surface area contributed by atoms with Crippen LogP contribution in [0.4, 0.5) is 18.9 Å². The molecular weight excluding hydrogens is 295 g/mol. The van der Waals surface area contributed by atoms with Gasteiger partial charge in [-0.2, -0.15) is 13.2 Å². The van der Waals surface area contributed by atoms with E-state index in [0.717, 1.165) is 10.8 Å². The number of morpholine rings is 1. The van der Waals surface area contributed by atoms with E-state index in [-0.39, 0.29) is 12.2 Å². The van der Waals surface area contributed by atoms with Crippen molar-refractivity contribution in [1.29, 1.82) is 0 Å². The maximum Gasteiger partial charge on any atom is 0.419 e. The van der Waals surface area contributed by atoms with Crippen LogP contribution >= 0.6 is 0 Å². The number of hydrogen-bond donors (Lipinski definition) is 0. The number of ether oxygens (including phenoxy) is 2. The van der Waals surface area contributed by atoms with Gasteiger partial charge >= 0.3 is 6.18 Å². The van der Waals surface area contributed by atoms with Crippen LogP contribution in [0.5, 0.6) is 0 Å². The molecule has 2 aliphatic heterocycles. The lowest BCUT2D eigenvalue weighted by molar-refractivity contribution is -0.247. The Morgan fingerprint density at radius 3 is 2.73 bits per heavy atom. The summed E-state index contributed by atoms with van der Waals surface area (Å²) in [5.41, 5.74) is 0.810. The van der Waals surface area contributed by atoms with Crippen LogP contribution in [0.25, 0.3) is 10.8 Å². The lowest BCUT2D eigenvalue weighted by atomic mass is 9.96. The number of anilines is 1. The van der Waals surface area contributed by atoms with Crippen LogP contribution in [0.1, 0.15) is 11.7 Å². The van der Waals surface area contributed by atoms with E-state index < -0.39 is 18.5 Å². The van der Waals surface area contributed by atoms with Crippen molar-refractivity contribution in [3.8, 4) is 0 Å². The normalized spacial score (nSPS) is 25.0. The highest BCUT2D eigenvalue weighted by atomic mass is 19.4. The Hall–Kier alpha value is -1.79. The molecule has 0 aromatic heterocycles. The topological polar surface area (TPSA) is 21.7 Å². The SMILES string of the molecule is FC(F)(F)C1OC2COCCN2c2c1ccc1ccccc21. The summed E-state index contributed by atoms with van der Waals surface area (Å²) in [6, 6.07) is 10.7. The van der Waals surface area contributed by atoms with Crippen LogP contribution in [0.3, 0.4) is 0 Å². The van der Waals surface area contributed by atoms with E-state index in [9.17, 15) is 13.2 Å². The highest BCUT2D eigenvalue weighted by molar-refractivity contribution is 5.96. The standard InChI is InChI=1S/C16H14F3NO2/c17-16(18,19)15-12-6-5-10-3-1-2-4-11(10)14(12)20-7-8-21-9-13(20)22-15/h1-6,13,15H,7-9H2. The summed E-state index contributed by atoms with van der Waals surface area (Å²) >= 11 is 0.